The summed E-state index contributed by atoms with van der Waals surface area (Å²) in [7, 11) is 0. The molecule has 0 spiro atoms. The van der Waals surface area contributed by atoms with Gasteiger partial charge in [0.25, 0.3) is 0 Å². The molecule has 0 fully saturated rings. The van der Waals surface area contributed by atoms with Crippen LogP contribution >= 0.6 is 0 Å². The molecule has 0 aromatic heterocycles. The molecule has 66 valence electrons. The first kappa shape index (κ1) is 7.90. The summed E-state index contributed by atoms with van der Waals surface area (Å²) in [6.07, 6.45) is 9.01. The first-order chi connectivity index (χ1) is 5.67. The normalized spacial score (nSPS) is 31.8. The average Bonchev–Trinajstić information content (AvgIpc) is 2.02. The van der Waals surface area contributed by atoms with E-state index in [2.05, 4.69) is 26.0 Å². The van der Waals surface area contributed by atoms with Crippen LogP contribution in [0.5, 0.6) is 0 Å². The van der Waals surface area contributed by atoms with Crippen molar-refractivity contribution < 1.29 is 4.74 Å². The third-order valence-electron chi connectivity index (χ3n) is 2.81. The summed E-state index contributed by atoms with van der Waals surface area (Å²) in [5, 5.41) is 0. The number of fused-ring (bicyclic) bond motifs is 1. The molecular formula is C11H16O. The Balaban J connectivity index is 2.25. The largest absolute Gasteiger partial charge is 0.497 e. The van der Waals surface area contributed by atoms with E-state index in [0.29, 0.717) is 11.3 Å². The summed E-state index contributed by atoms with van der Waals surface area (Å²) in [6.45, 7) is 5.41. The van der Waals surface area contributed by atoms with Crippen molar-refractivity contribution in [1.82, 2.24) is 0 Å². The van der Waals surface area contributed by atoms with Crippen molar-refractivity contribution in [2.75, 3.05) is 6.61 Å². The highest BCUT2D eigenvalue weighted by molar-refractivity contribution is 5.22. The first-order valence-electron chi connectivity index (χ1n) is 4.67. The van der Waals surface area contributed by atoms with Gasteiger partial charge in [-0.25, -0.2) is 0 Å². The van der Waals surface area contributed by atoms with Gasteiger partial charge >= 0.3 is 0 Å². The third-order valence-corrected chi connectivity index (χ3v) is 2.81. The minimum Gasteiger partial charge on any atom is -0.497 e. The molecule has 0 saturated carbocycles. The van der Waals surface area contributed by atoms with Crippen LogP contribution in [0.4, 0.5) is 0 Å². The van der Waals surface area contributed by atoms with Gasteiger partial charge in [-0.3, -0.25) is 0 Å². The van der Waals surface area contributed by atoms with Crippen LogP contribution in [0.3, 0.4) is 0 Å². The Morgan fingerprint density at radius 1 is 1.50 bits per heavy atom. The van der Waals surface area contributed by atoms with E-state index in [-0.39, 0.29) is 0 Å². The summed E-state index contributed by atoms with van der Waals surface area (Å²) >= 11 is 0. The molecule has 1 unspecified atom stereocenters. The van der Waals surface area contributed by atoms with E-state index in [1.807, 2.05) is 6.26 Å². The van der Waals surface area contributed by atoms with E-state index in [9.17, 15) is 0 Å². The molecule has 0 radical (unpaired) electrons. The predicted molar refractivity (Wildman–Crippen MR) is 49.7 cm³/mol. The topological polar surface area (TPSA) is 9.23 Å². The lowest BCUT2D eigenvalue weighted by atomic mass is 9.74. The smallest absolute Gasteiger partial charge is 0.109 e. The Bertz CT molecular complexity index is 235. The highest BCUT2D eigenvalue weighted by Gasteiger charge is 2.27. The van der Waals surface area contributed by atoms with Gasteiger partial charge in [-0.1, -0.05) is 19.9 Å². The predicted octanol–water partition coefficient (Wildman–Crippen LogP) is 2.89. The van der Waals surface area contributed by atoms with E-state index < -0.39 is 0 Å². The molecule has 1 atom stereocenters. The Labute approximate surface area is 74.1 Å². The standard InChI is InChI=1S/C11H16O/c1-11(2)5-3-9-4-6-12-8-10(9)7-11/h4,6-7,9H,3,5,8H2,1-2H3. The van der Waals surface area contributed by atoms with Crippen LogP contribution < -0.4 is 0 Å². The molecule has 1 aliphatic carbocycles. The van der Waals surface area contributed by atoms with Crippen molar-refractivity contribution in [3.63, 3.8) is 0 Å². The molecular weight excluding hydrogens is 148 g/mol. The maximum Gasteiger partial charge on any atom is 0.109 e. The van der Waals surface area contributed by atoms with Gasteiger partial charge in [-0.2, -0.15) is 0 Å². The molecule has 2 rings (SSSR count). The molecule has 1 aliphatic heterocycles. The van der Waals surface area contributed by atoms with E-state index >= 15 is 0 Å². The molecule has 0 bridgehead atoms. The fourth-order valence-corrected chi connectivity index (χ4v) is 2.06. The van der Waals surface area contributed by atoms with Crippen LogP contribution in [-0.4, -0.2) is 6.61 Å². The third kappa shape index (κ3) is 1.40. The van der Waals surface area contributed by atoms with Crippen molar-refractivity contribution in [2.45, 2.75) is 26.7 Å². The Hall–Kier alpha value is -0.720. The van der Waals surface area contributed by atoms with Crippen molar-refractivity contribution in [3.05, 3.63) is 24.0 Å². The van der Waals surface area contributed by atoms with Crippen molar-refractivity contribution >= 4 is 0 Å². The summed E-state index contributed by atoms with van der Waals surface area (Å²) in [4.78, 5) is 0. The number of hydrogen-bond donors (Lipinski definition) is 0. The molecule has 0 aromatic rings. The van der Waals surface area contributed by atoms with Gasteiger partial charge in [0.2, 0.25) is 0 Å². The minimum absolute atomic E-state index is 0.389. The second-order valence-electron chi connectivity index (χ2n) is 4.49. The lowest BCUT2D eigenvalue weighted by molar-refractivity contribution is 0.234. The van der Waals surface area contributed by atoms with Crippen LogP contribution in [0.15, 0.2) is 24.0 Å². The van der Waals surface area contributed by atoms with Crippen molar-refractivity contribution in [2.24, 2.45) is 11.3 Å². The molecule has 1 heterocycles. The fourth-order valence-electron chi connectivity index (χ4n) is 2.06. The van der Waals surface area contributed by atoms with Crippen LogP contribution in [0.2, 0.25) is 0 Å². The molecule has 1 heteroatoms. The molecule has 0 saturated heterocycles. The van der Waals surface area contributed by atoms with Crippen LogP contribution in [0.1, 0.15) is 26.7 Å². The van der Waals surface area contributed by atoms with Crippen LogP contribution in [0.25, 0.3) is 0 Å². The molecule has 1 nitrogen and oxygen atoms in total. The number of ether oxygens (including phenoxy) is 1. The maximum atomic E-state index is 5.28. The van der Waals surface area contributed by atoms with E-state index in [1.165, 1.54) is 18.4 Å². The van der Waals surface area contributed by atoms with Crippen molar-refractivity contribution in [1.29, 1.82) is 0 Å². The zero-order chi connectivity index (χ0) is 8.60. The van der Waals surface area contributed by atoms with Gasteiger partial charge < -0.3 is 4.74 Å². The first-order valence-corrected chi connectivity index (χ1v) is 4.67. The second kappa shape index (κ2) is 2.65. The highest BCUT2D eigenvalue weighted by Crippen LogP contribution is 2.38. The van der Waals surface area contributed by atoms with Crippen LogP contribution in [-0.2, 0) is 4.74 Å². The average molecular weight is 164 g/mol. The van der Waals surface area contributed by atoms with Gasteiger partial charge in [0.1, 0.15) is 6.61 Å². The van der Waals surface area contributed by atoms with Gasteiger partial charge in [-0.05, 0) is 29.9 Å². The second-order valence-corrected chi connectivity index (χ2v) is 4.49. The minimum atomic E-state index is 0.389. The summed E-state index contributed by atoms with van der Waals surface area (Å²) < 4.78 is 5.28. The van der Waals surface area contributed by atoms with Gasteiger partial charge in [0.15, 0.2) is 0 Å². The summed E-state index contributed by atoms with van der Waals surface area (Å²) in [5.41, 5.74) is 1.87. The molecule has 0 aromatic carbocycles. The van der Waals surface area contributed by atoms with E-state index in [0.717, 1.165) is 6.61 Å². The van der Waals surface area contributed by atoms with Crippen LogP contribution in [0, 0.1) is 11.3 Å². The van der Waals surface area contributed by atoms with E-state index in [4.69, 9.17) is 4.74 Å². The van der Waals surface area contributed by atoms with Gasteiger partial charge in [-0.15, -0.1) is 0 Å². The lowest BCUT2D eigenvalue weighted by Gasteiger charge is -2.33. The molecule has 0 N–H and O–H groups in total. The van der Waals surface area contributed by atoms with Crippen molar-refractivity contribution in [3.8, 4) is 0 Å². The number of rotatable bonds is 0. The monoisotopic (exact) mass is 164 g/mol. The van der Waals surface area contributed by atoms with E-state index in [1.54, 1.807) is 0 Å². The highest BCUT2D eigenvalue weighted by atomic mass is 16.5. The van der Waals surface area contributed by atoms with Gasteiger partial charge in [0, 0.05) is 5.92 Å². The zero-order valence-corrected chi connectivity index (χ0v) is 7.84. The Morgan fingerprint density at radius 2 is 2.33 bits per heavy atom. The summed E-state index contributed by atoms with van der Waals surface area (Å²) in [5.74, 6) is 0.673. The SMILES string of the molecule is CC1(C)C=C2COC=CC2CC1. The quantitative estimate of drug-likeness (QED) is 0.500. The fraction of sp³-hybridized carbons (Fsp3) is 0.636. The molecule has 12 heavy (non-hydrogen) atoms. The lowest BCUT2D eigenvalue weighted by Crippen LogP contribution is -2.22. The zero-order valence-electron chi connectivity index (χ0n) is 7.84. The van der Waals surface area contributed by atoms with Gasteiger partial charge in [0.05, 0.1) is 6.26 Å². The maximum absolute atomic E-state index is 5.28. The summed E-state index contributed by atoms with van der Waals surface area (Å²) in [6, 6.07) is 0. The number of allylic oxidation sites excluding steroid dienone is 2. The Kier molecular flexibility index (Phi) is 1.75. The number of hydrogen-bond acceptors (Lipinski definition) is 1. The molecule has 2 aliphatic rings. The Morgan fingerprint density at radius 3 is 3.17 bits per heavy atom. The molecule has 0 amide bonds.